The summed E-state index contributed by atoms with van der Waals surface area (Å²) in [6, 6.07) is 9.00. The number of hydrogen-bond acceptors (Lipinski definition) is 3. The van der Waals surface area contributed by atoms with Crippen molar-refractivity contribution in [2.45, 2.75) is 24.7 Å². The Kier molecular flexibility index (Phi) is 4.82. The molecular formula is C17H14F4O3. The molecule has 7 heteroatoms. The van der Waals surface area contributed by atoms with Gasteiger partial charge < -0.3 is 10.2 Å². The zero-order valence-electron chi connectivity index (χ0n) is 12.3. The van der Waals surface area contributed by atoms with Gasteiger partial charge in [-0.05, 0) is 24.3 Å². The predicted octanol–water partition coefficient (Wildman–Crippen LogP) is 4.33. The van der Waals surface area contributed by atoms with Crippen LogP contribution in [0.15, 0.2) is 48.5 Å². The Labute approximate surface area is 135 Å². The highest BCUT2D eigenvalue weighted by atomic mass is 19.3. The minimum absolute atomic E-state index is 0.720. The number of halogens is 4. The number of hydrogen-bond donors (Lipinski definition) is 2. The second-order valence-electron chi connectivity index (χ2n) is 5.34. The fourth-order valence-corrected chi connectivity index (χ4v) is 2.31. The van der Waals surface area contributed by atoms with Crippen LogP contribution in [-0.2, 0) is 16.6 Å². The molecule has 2 aromatic carbocycles. The molecular weight excluding hydrogens is 328 g/mol. The summed E-state index contributed by atoms with van der Waals surface area (Å²) in [5.41, 5.74) is -1.60. The number of alkyl halides is 4. The number of carbonyl (C=O) groups excluding carboxylic acids is 1. The third-order valence-corrected chi connectivity index (χ3v) is 3.43. The Hall–Kier alpha value is -2.57. The van der Waals surface area contributed by atoms with Gasteiger partial charge in [0.15, 0.2) is 0 Å². The molecule has 0 aliphatic rings. The first-order valence-electron chi connectivity index (χ1n) is 6.98. The van der Waals surface area contributed by atoms with E-state index in [1.165, 1.54) is 24.3 Å². The van der Waals surface area contributed by atoms with Crippen molar-refractivity contribution < 1.29 is 32.6 Å². The molecule has 0 aliphatic heterocycles. The van der Waals surface area contributed by atoms with Crippen molar-refractivity contribution in [1.82, 2.24) is 0 Å². The first-order chi connectivity index (χ1) is 11.1. The maximum atomic E-state index is 14.0. The standard InChI is InChI=1S/C17H14F4O3/c18-16(19,12-5-1-3-7-14(12)23)9-11(22)10-17(20,21)13-6-2-4-8-15(13)24/h1-8,23-24H,9-10H2. The Morgan fingerprint density at radius 3 is 1.42 bits per heavy atom. The monoisotopic (exact) mass is 342 g/mol. The molecule has 0 aromatic heterocycles. The van der Waals surface area contributed by atoms with Crippen molar-refractivity contribution in [2.75, 3.05) is 0 Å². The first-order valence-corrected chi connectivity index (χ1v) is 6.98. The lowest BCUT2D eigenvalue weighted by molar-refractivity contribution is -0.134. The van der Waals surface area contributed by atoms with Gasteiger partial charge in [-0.25, -0.2) is 17.6 Å². The molecule has 2 N–H and O–H groups in total. The smallest absolute Gasteiger partial charge is 0.283 e. The number of phenols is 2. The van der Waals surface area contributed by atoms with Gasteiger partial charge in [0, 0.05) is 0 Å². The minimum atomic E-state index is -3.78. The summed E-state index contributed by atoms with van der Waals surface area (Å²) >= 11 is 0. The molecule has 3 nitrogen and oxygen atoms in total. The van der Waals surface area contributed by atoms with E-state index in [2.05, 4.69) is 0 Å². The zero-order valence-corrected chi connectivity index (χ0v) is 12.3. The van der Waals surface area contributed by atoms with E-state index in [1.807, 2.05) is 0 Å². The number of Topliss-reactive ketones (excluding diaryl/α,β-unsaturated/α-hetero) is 1. The third kappa shape index (κ3) is 3.84. The van der Waals surface area contributed by atoms with Crippen molar-refractivity contribution in [3.63, 3.8) is 0 Å². The number of benzene rings is 2. The SMILES string of the molecule is O=C(CC(F)(F)c1ccccc1O)CC(F)(F)c1ccccc1O. The topological polar surface area (TPSA) is 57.5 Å². The number of para-hydroxylation sites is 2. The van der Waals surface area contributed by atoms with Crippen LogP contribution in [-0.4, -0.2) is 16.0 Å². The Balaban J connectivity index is 2.15. The van der Waals surface area contributed by atoms with Gasteiger partial charge in [0.1, 0.15) is 17.3 Å². The van der Waals surface area contributed by atoms with Gasteiger partial charge in [0.25, 0.3) is 11.8 Å². The van der Waals surface area contributed by atoms with Crippen molar-refractivity contribution in [1.29, 1.82) is 0 Å². The highest BCUT2D eigenvalue weighted by Gasteiger charge is 2.42. The van der Waals surface area contributed by atoms with Gasteiger partial charge in [-0.2, -0.15) is 0 Å². The van der Waals surface area contributed by atoms with Gasteiger partial charge in [0.2, 0.25) is 0 Å². The molecule has 0 aliphatic carbocycles. The van der Waals surface area contributed by atoms with Crippen LogP contribution in [0.4, 0.5) is 17.6 Å². The zero-order chi connectivity index (χ0) is 18.0. The second-order valence-corrected chi connectivity index (χ2v) is 5.34. The van der Waals surface area contributed by atoms with Gasteiger partial charge in [-0.15, -0.1) is 0 Å². The molecule has 2 aromatic rings. The van der Waals surface area contributed by atoms with Crippen LogP contribution < -0.4 is 0 Å². The van der Waals surface area contributed by atoms with E-state index in [0.717, 1.165) is 24.3 Å². The molecule has 128 valence electrons. The van der Waals surface area contributed by atoms with Crippen molar-refractivity contribution >= 4 is 5.78 Å². The largest absolute Gasteiger partial charge is 0.507 e. The molecule has 0 atom stereocenters. The summed E-state index contributed by atoms with van der Waals surface area (Å²) in [4.78, 5) is 11.7. The average molecular weight is 342 g/mol. The van der Waals surface area contributed by atoms with Crippen LogP contribution >= 0.6 is 0 Å². The van der Waals surface area contributed by atoms with Crippen molar-refractivity contribution in [2.24, 2.45) is 0 Å². The summed E-state index contributed by atoms with van der Waals surface area (Å²) in [6.07, 6.45) is -2.96. The van der Waals surface area contributed by atoms with E-state index in [1.54, 1.807) is 0 Å². The number of ketones is 1. The summed E-state index contributed by atoms with van der Waals surface area (Å²) in [7, 11) is 0. The van der Waals surface area contributed by atoms with Crippen LogP contribution in [0.25, 0.3) is 0 Å². The van der Waals surface area contributed by atoms with Gasteiger partial charge >= 0.3 is 0 Å². The lowest BCUT2D eigenvalue weighted by Crippen LogP contribution is -2.24. The molecule has 0 fully saturated rings. The molecule has 24 heavy (non-hydrogen) atoms. The van der Waals surface area contributed by atoms with E-state index in [-0.39, 0.29) is 0 Å². The molecule has 2 rings (SSSR count). The van der Waals surface area contributed by atoms with Crippen LogP contribution in [0.1, 0.15) is 24.0 Å². The highest BCUT2D eigenvalue weighted by Crippen LogP contribution is 2.41. The Morgan fingerprint density at radius 1 is 0.750 bits per heavy atom. The fourth-order valence-electron chi connectivity index (χ4n) is 2.31. The summed E-state index contributed by atoms with van der Waals surface area (Å²) < 4.78 is 56.2. The summed E-state index contributed by atoms with van der Waals surface area (Å²) in [5.74, 6) is -10.4. The average Bonchev–Trinajstić information content (AvgIpc) is 2.46. The van der Waals surface area contributed by atoms with Crippen LogP contribution in [0.3, 0.4) is 0 Å². The lowest BCUT2D eigenvalue weighted by atomic mass is 9.96. The maximum absolute atomic E-state index is 14.0. The minimum Gasteiger partial charge on any atom is -0.507 e. The van der Waals surface area contributed by atoms with E-state index >= 15 is 0 Å². The molecule has 0 unspecified atom stereocenters. The highest BCUT2D eigenvalue weighted by molar-refractivity contribution is 5.80. The number of aromatic hydroxyl groups is 2. The van der Waals surface area contributed by atoms with E-state index in [0.29, 0.717) is 0 Å². The molecule has 0 saturated carbocycles. The summed E-state index contributed by atoms with van der Waals surface area (Å²) in [6.45, 7) is 0. The molecule has 0 amide bonds. The lowest BCUT2D eigenvalue weighted by Gasteiger charge is -2.20. The van der Waals surface area contributed by atoms with Crippen LogP contribution in [0, 0.1) is 0 Å². The Bertz CT molecular complexity index is 683. The van der Waals surface area contributed by atoms with Crippen molar-refractivity contribution in [3.05, 3.63) is 59.7 Å². The van der Waals surface area contributed by atoms with E-state index < -0.39 is 53.1 Å². The third-order valence-electron chi connectivity index (χ3n) is 3.43. The molecule has 0 saturated heterocycles. The molecule has 0 heterocycles. The number of rotatable bonds is 6. The fraction of sp³-hybridized carbons (Fsp3) is 0.235. The van der Waals surface area contributed by atoms with E-state index in [9.17, 15) is 32.6 Å². The van der Waals surface area contributed by atoms with Gasteiger partial charge in [-0.1, -0.05) is 24.3 Å². The summed E-state index contributed by atoms with van der Waals surface area (Å²) in [5, 5.41) is 18.9. The van der Waals surface area contributed by atoms with Crippen molar-refractivity contribution in [3.8, 4) is 11.5 Å². The molecule has 0 radical (unpaired) electrons. The molecule has 0 spiro atoms. The number of carbonyl (C=O) groups is 1. The van der Waals surface area contributed by atoms with Crippen LogP contribution in [0.5, 0.6) is 11.5 Å². The quantitative estimate of drug-likeness (QED) is 0.768. The Morgan fingerprint density at radius 2 is 1.08 bits per heavy atom. The van der Waals surface area contributed by atoms with Gasteiger partial charge in [-0.3, -0.25) is 4.79 Å². The maximum Gasteiger partial charge on any atom is 0.283 e. The van der Waals surface area contributed by atoms with E-state index in [4.69, 9.17) is 0 Å². The van der Waals surface area contributed by atoms with Gasteiger partial charge in [0.05, 0.1) is 24.0 Å². The molecule has 0 bridgehead atoms. The number of phenolic OH excluding ortho intramolecular Hbond substituents is 2. The predicted molar refractivity (Wildman–Crippen MR) is 78.2 cm³/mol. The first kappa shape index (κ1) is 17.8. The second kappa shape index (κ2) is 6.51. The normalized spacial score (nSPS) is 12.2. The van der Waals surface area contributed by atoms with Crippen LogP contribution in [0.2, 0.25) is 0 Å².